The van der Waals surface area contributed by atoms with Gasteiger partial charge in [0, 0.05) is 12.2 Å². The molecule has 1 aromatic heterocycles. The smallest absolute Gasteiger partial charge is 0.192 e. The maximum atomic E-state index is 4.62. The van der Waals surface area contributed by atoms with Gasteiger partial charge < -0.3 is 10.6 Å². The molecule has 0 radical (unpaired) electrons. The Morgan fingerprint density at radius 1 is 1.14 bits per heavy atom. The lowest BCUT2D eigenvalue weighted by Crippen LogP contribution is -2.38. The van der Waals surface area contributed by atoms with E-state index >= 15 is 0 Å². The minimum absolute atomic E-state index is 0.199. The van der Waals surface area contributed by atoms with Crippen LogP contribution in [0.1, 0.15) is 36.8 Å². The van der Waals surface area contributed by atoms with Crippen molar-refractivity contribution in [1.82, 2.24) is 15.6 Å². The number of aliphatic imine (C=N–C) groups is 1. The molecule has 1 atom stereocenters. The van der Waals surface area contributed by atoms with Crippen LogP contribution in [0, 0.1) is 6.92 Å². The van der Waals surface area contributed by atoms with Crippen molar-refractivity contribution in [2.24, 2.45) is 4.99 Å². The Kier molecular flexibility index (Phi) is 5.95. The maximum absolute atomic E-state index is 4.62. The van der Waals surface area contributed by atoms with Crippen molar-refractivity contribution in [2.75, 3.05) is 6.54 Å². The van der Waals surface area contributed by atoms with E-state index in [0.717, 1.165) is 23.9 Å². The number of aryl methyl sites for hydroxylation is 1. The molecule has 0 saturated heterocycles. The number of pyridine rings is 1. The van der Waals surface area contributed by atoms with E-state index in [2.05, 4.69) is 46.6 Å². The van der Waals surface area contributed by atoms with E-state index in [9.17, 15) is 0 Å². The molecule has 0 aliphatic heterocycles. The summed E-state index contributed by atoms with van der Waals surface area (Å²) in [6, 6.07) is 16.6. The van der Waals surface area contributed by atoms with Crippen molar-refractivity contribution in [2.45, 2.75) is 33.4 Å². The van der Waals surface area contributed by atoms with E-state index < -0.39 is 0 Å². The van der Waals surface area contributed by atoms with Crippen molar-refractivity contribution in [1.29, 1.82) is 0 Å². The van der Waals surface area contributed by atoms with Crippen LogP contribution in [0.2, 0.25) is 0 Å². The molecule has 2 N–H and O–H groups in total. The third-order valence-corrected chi connectivity index (χ3v) is 3.34. The van der Waals surface area contributed by atoms with Crippen molar-refractivity contribution in [3.05, 3.63) is 65.5 Å². The zero-order chi connectivity index (χ0) is 15.8. The Balaban J connectivity index is 2.04. The van der Waals surface area contributed by atoms with Crippen LogP contribution in [0.3, 0.4) is 0 Å². The fraction of sp³-hybridized carbons (Fsp3) is 0.333. The van der Waals surface area contributed by atoms with Crippen LogP contribution < -0.4 is 10.6 Å². The van der Waals surface area contributed by atoms with Gasteiger partial charge in [0.25, 0.3) is 0 Å². The number of benzene rings is 1. The first kappa shape index (κ1) is 16.0. The summed E-state index contributed by atoms with van der Waals surface area (Å²) >= 11 is 0. The van der Waals surface area contributed by atoms with Gasteiger partial charge in [0.15, 0.2) is 5.96 Å². The second-order valence-corrected chi connectivity index (χ2v) is 5.24. The summed E-state index contributed by atoms with van der Waals surface area (Å²) in [7, 11) is 0. The van der Waals surface area contributed by atoms with Crippen LogP contribution in [-0.4, -0.2) is 17.5 Å². The van der Waals surface area contributed by atoms with Crippen molar-refractivity contribution >= 4 is 5.96 Å². The fourth-order valence-corrected chi connectivity index (χ4v) is 2.20. The highest BCUT2D eigenvalue weighted by Crippen LogP contribution is 2.10. The lowest BCUT2D eigenvalue weighted by atomic mass is 10.1. The van der Waals surface area contributed by atoms with E-state index in [0.29, 0.717) is 6.54 Å². The quantitative estimate of drug-likeness (QED) is 0.658. The van der Waals surface area contributed by atoms with Crippen molar-refractivity contribution in [3.63, 3.8) is 0 Å². The molecule has 0 aliphatic carbocycles. The molecule has 116 valence electrons. The van der Waals surface area contributed by atoms with Gasteiger partial charge in [0.1, 0.15) is 0 Å². The largest absolute Gasteiger partial charge is 0.357 e. The molecule has 1 aromatic carbocycles. The summed E-state index contributed by atoms with van der Waals surface area (Å²) in [6.45, 7) is 7.59. The Hall–Kier alpha value is -2.36. The number of nitrogens with one attached hydrogen (secondary N) is 2. The minimum atomic E-state index is 0.199. The number of guanidine groups is 1. The maximum Gasteiger partial charge on any atom is 0.192 e. The first-order valence-corrected chi connectivity index (χ1v) is 7.71. The number of hydrogen-bond acceptors (Lipinski definition) is 2. The van der Waals surface area contributed by atoms with E-state index in [1.807, 2.05) is 43.3 Å². The van der Waals surface area contributed by atoms with E-state index in [1.54, 1.807) is 0 Å². The Morgan fingerprint density at radius 3 is 2.59 bits per heavy atom. The van der Waals surface area contributed by atoms with E-state index in [-0.39, 0.29) is 6.04 Å². The van der Waals surface area contributed by atoms with Gasteiger partial charge in [-0.1, -0.05) is 36.4 Å². The number of nitrogens with zero attached hydrogens (tertiary/aromatic N) is 2. The monoisotopic (exact) mass is 296 g/mol. The molecular formula is C18H24N4. The molecule has 4 nitrogen and oxygen atoms in total. The van der Waals surface area contributed by atoms with Gasteiger partial charge in [-0.25, -0.2) is 4.99 Å². The third kappa shape index (κ3) is 4.88. The topological polar surface area (TPSA) is 49.3 Å². The molecule has 0 amide bonds. The van der Waals surface area contributed by atoms with Crippen LogP contribution in [-0.2, 0) is 6.54 Å². The zero-order valence-electron chi connectivity index (χ0n) is 13.5. The summed E-state index contributed by atoms with van der Waals surface area (Å²) in [5.41, 5.74) is 3.23. The highest BCUT2D eigenvalue weighted by atomic mass is 15.2. The molecule has 4 heteroatoms. The molecule has 0 aliphatic rings. The zero-order valence-corrected chi connectivity index (χ0v) is 13.5. The van der Waals surface area contributed by atoms with Crippen molar-refractivity contribution < 1.29 is 0 Å². The normalized spacial score (nSPS) is 12.8. The second-order valence-electron chi connectivity index (χ2n) is 5.24. The van der Waals surface area contributed by atoms with Crippen LogP contribution in [0.25, 0.3) is 0 Å². The Morgan fingerprint density at radius 2 is 1.91 bits per heavy atom. The lowest BCUT2D eigenvalue weighted by molar-refractivity contribution is 0.685. The average molecular weight is 296 g/mol. The number of aromatic nitrogens is 1. The number of hydrogen-bond donors (Lipinski definition) is 2. The van der Waals surface area contributed by atoms with E-state index in [1.165, 1.54) is 5.56 Å². The van der Waals surface area contributed by atoms with Gasteiger partial charge in [-0.05, 0) is 38.5 Å². The Labute approximate surface area is 132 Å². The van der Waals surface area contributed by atoms with Gasteiger partial charge in [-0.15, -0.1) is 0 Å². The third-order valence-electron chi connectivity index (χ3n) is 3.34. The molecule has 22 heavy (non-hydrogen) atoms. The summed E-state index contributed by atoms with van der Waals surface area (Å²) in [4.78, 5) is 9.10. The summed E-state index contributed by atoms with van der Waals surface area (Å²) in [5, 5.41) is 6.71. The van der Waals surface area contributed by atoms with Crippen LogP contribution in [0.5, 0.6) is 0 Å². The van der Waals surface area contributed by atoms with Crippen molar-refractivity contribution in [3.8, 4) is 0 Å². The van der Waals surface area contributed by atoms with Gasteiger partial charge in [-0.3, -0.25) is 4.98 Å². The predicted molar refractivity (Wildman–Crippen MR) is 91.8 cm³/mol. The summed E-state index contributed by atoms with van der Waals surface area (Å²) in [6.07, 6.45) is 0. The highest BCUT2D eigenvalue weighted by Gasteiger charge is 2.07. The highest BCUT2D eigenvalue weighted by molar-refractivity contribution is 5.80. The fourth-order valence-electron chi connectivity index (χ4n) is 2.20. The number of rotatable bonds is 5. The predicted octanol–water partition coefficient (Wildman–Crippen LogP) is 3.21. The van der Waals surface area contributed by atoms with Gasteiger partial charge >= 0.3 is 0 Å². The lowest BCUT2D eigenvalue weighted by Gasteiger charge is -2.18. The Bertz CT molecular complexity index is 607. The first-order chi connectivity index (χ1) is 10.7. The van der Waals surface area contributed by atoms with E-state index in [4.69, 9.17) is 0 Å². The first-order valence-electron chi connectivity index (χ1n) is 7.71. The van der Waals surface area contributed by atoms with Crippen LogP contribution in [0.4, 0.5) is 0 Å². The SMILES string of the molecule is CCNC(=NCc1cccc(C)n1)NC(C)c1ccccc1. The molecule has 1 unspecified atom stereocenters. The van der Waals surface area contributed by atoms with Gasteiger partial charge in [-0.2, -0.15) is 0 Å². The molecule has 2 rings (SSSR count). The van der Waals surface area contributed by atoms with Crippen LogP contribution >= 0.6 is 0 Å². The minimum Gasteiger partial charge on any atom is -0.357 e. The molecule has 2 aromatic rings. The molecule has 0 spiro atoms. The van der Waals surface area contributed by atoms with Crippen LogP contribution in [0.15, 0.2) is 53.5 Å². The molecule has 1 heterocycles. The second kappa shape index (κ2) is 8.17. The summed E-state index contributed by atoms with van der Waals surface area (Å²) < 4.78 is 0. The van der Waals surface area contributed by atoms with Gasteiger partial charge in [0.05, 0.1) is 18.3 Å². The molecular weight excluding hydrogens is 272 g/mol. The molecule has 0 saturated carbocycles. The average Bonchev–Trinajstić information content (AvgIpc) is 2.54. The standard InChI is InChI=1S/C18H24N4/c1-4-19-18(20-13-17-12-8-9-14(2)21-17)22-15(3)16-10-6-5-7-11-16/h5-12,15H,4,13H2,1-3H3,(H2,19,20,22). The molecule has 0 bridgehead atoms. The molecule has 0 fully saturated rings. The van der Waals surface area contributed by atoms with Gasteiger partial charge in [0.2, 0.25) is 0 Å². The summed E-state index contributed by atoms with van der Waals surface area (Å²) in [5.74, 6) is 0.808.